The van der Waals surface area contributed by atoms with Crippen molar-refractivity contribution < 1.29 is 4.79 Å². The number of anilines is 1. The highest BCUT2D eigenvalue weighted by atomic mass is 35.5. The van der Waals surface area contributed by atoms with E-state index < -0.39 is 0 Å². The van der Waals surface area contributed by atoms with Gasteiger partial charge in [0.1, 0.15) is 0 Å². The number of nitrogens with zero attached hydrogens (tertiary/aromatic N) is 1. The summed E-state index contributed by atoms with van der Waals surface area (Å²) < 4.78 is 0. The number of rotatable bonds is 4. The van der Waals surface area contributed by atoms with Gasteiger partial charge in [0.15, 0.2) is 0 Å². The highest BCUT2D eigenvalue weighted by Gasteiger charge is 2.33. The minimum atomic E-state index is 0. The molecule has 3 rings (SSSR count). The summed E-state index contributed by atoms with van der Waals surface area (Å²) in [5.41, 5.74) is 6.87. The number of hydrogen-bond donors (Lipinski definition) is 2. The molecule has 1 aromatic carbocycles. The zero-order valence-corrected chi connectivity index (χ0v) is 16.7. The Balaban J connectivity index is 0.00000156. The van der Waals surface area contributed by atoms with Crippen LogP contribution in [0.3, 0.4) is 0 Å². The minimum absolute atomic E-state index is 0. The molecule has 142 valence electrons. The fourth-order valence-electron chi connectivity index (χ4n) is 3.99. The van der Waals surface area contributed by atoms with Gasteiger partial charge in [0.25, 0.3) is 0 Å². The first-order chi connectivity index (χ1) is 11.2. The molecule has 1 amide bonds. The van der Waals surface area contributed by atoms with E-state index in [1.165, 1.54) is 0 Å². The van der Waals surface area contributed by atoms with Crippen LogP contribution in [0.4, 0.5) is 5.69 Å². The smallest absolute Gasteiger partial charge is 0.223 e. The van der Waals surface area contributed by atoms with Crippen molar-refractivity contribution in [3.63, 3.8) is 0 Å². The van der Waals surface area contributed by atoms with E-state index >= 15 is 0 Å². The van der Waals surface area contributed by atoms with E-state index in [4.69, 9.17) is 17.3 Å². The second-order valence-corrected chi connectivity index (χ2v) is 7.19. The first-order valence-corrected chi connectivity index (χ1v) is 9.06. The number of amides is 1. The molecular weight excluding hydrogens is 381 g/mol. The van der Waals surface area contributed by atoms with Gasteiger partial charge in [-0.05, 0) is 50.3 Å². The summed E-state index contributed by atoms with van der Waals surface area (Å²) >= 11 is 6.31. The van der Waals surface area contributed by atoms with Gasteiger partial charge in [0, 0.05) is 25.0 Å². The van der Waals surface area contributed by atoms with E-state index in [0.717, 1.165) is 55.9 Å². The molecule has 7 heteroatoms. The highest BCUT2D eigenvalue weighted by Crippen LogP contribution is 2.32. The maximum absolute atomic E-state index is 12.6. The Kier molecular flexibility index (Phi) is 9.36. The molecule has 1 saturated carbocycles. The van der Waals surface area contributed by atoms with E-state index in [-0.39, 0.29) is 42.7 Å². The van der Waals surface area contributed by atoms with Gasteiger partial charge < -0.3 is 16.0 Å². The van der Waals surface area contributed by atoms with Crippen molar-refractivity contribution in [2.24, 2.45) is 17.6 Å². The van der Waals surface area contributed by atoms with Crippen LogP contribution >= 0.6 is 36.4 Å². The van der Waals surface area contributed by atoms with E-state index in [1.807, 2.05) is 24.3 Å². The minimum Gasteiger partial charge on any atom is -0.368 e. The Morgan fingerprint density at radius 2 is 1.96 bits per heavy atom. The topological polar surface area (TPSA) is 58.4 Å². The predicted octanol–water partition coefficient (Wildman–Crippen LogP) is 3.64. The fraction of sp³-hybridized carbons (Fsp3) is 0.611. The van der Waals surface area contributed by atoms with Crippen molar-refractivity contribution in [1.29, 1.82) is 0 Å². The molecule has 2 fully saturated rings. The lowest BCUT2D eigenvalue weighted by molar-refractivity contribution is -0.126. The fourth-order valence-corrected chi connectivity index (χ4v) is 4.25. The van der Waals surface area contributed by atoms with Crippen LogP contribution in [0.5, 0.6) is 0 Å². The summed E-state index contributed by atoms with van der Waals surface area (Å²) in [6.45, 7) is 2.44. The molecule has 3 atom stereocenters. The summed E-state index contributed by atoms with van der Waals surface area (Å²) in [5.74, 6) is 0.665. The summed E-state index contributed by atoms with van der Waals surface area (Å²) in [4.78, 5) is 14.9. The molecule has 1 aromatic rings. The second kappa shape index (κ2) is 10.5. The molecule has 0 bridgehead atoms. The predicted molar refractivity (Wildman–Crippen MR) is 109 cm³/mol. The summed E-state index contributed by atoms with van der Waals surface area (Å²) in [6.07, 6.45) is 5.30. The van der Waals surface area contributed by atoms with E-state index in [9.17, 15) is 4.79 Å². The monoisotopic (exact) mass is 407 g/mol. The maximum atomic E-state index is 12.6. The molecule has 25 heavy (non-hydrogen) atoms. The lowest BCUT2D eigenvalue weighted by Crippen LogP contribution is -2.50. The summed E-state index contributed by atoms with van der Waals surface area (Å²) in [6, 6.07) is 8.12. The van der Waals surface area contributed by atoms with Crippen LogP contribution in [0.25, 0.3) is 0 Å². The maximum Gasteiger partial charge on any atom is 0.223 e. The molecule has 2 aliphatic rings. The van der Waals surface area contributed by atoms with Gasteiger partial charge in [-0.3, -0.25) is 4.79 Å². The number of carbonyl (C=O) groups excluding carboxylic acids is 1. The quantitative estimate of drug-likeness (QED) is 0.799. The molecule has 1 aliphatic heterocycles. The molecule has 1 saturated heterocycles. The third kappa shape index (κ3) is 5.40. The Labute approximate surface area is 167 Å². The standard InChI is InChI=1S/C18H26ClN3O.2ClH/c19-16-8-1-2-9-17(16)22-10-4-6-14(12-22)21-18(23)15-7-3-5-13(15)11-20;;/h1-2,8-9,13-15H,3-7,10-12,20H2,(H,21,23);2*1H/t13-,14?,15-;;/m1../s1. The normalized spacial score (nSPS) is 25.7. The first-order valence-electron chi connectivity index (χ1n) is 8.69. The Morgan fingerprint density at radius 1 is 1.20 bits per heavy atom. The number of nitrogens with one attached hydrogen (secondary N) is 1. The average molecular weight is 409 g/mol. The van der Waals surface area contributed by atoms with Crippen molar-refractivity contribution in [2.75, 3.05) is 24.5 Å². The lowest BCUT2D eigenvalue weighted by Gasteiger charge is -2.36. The zero-order chi connectivity index (χ0) is 16.2. The number of hydrogen-bond acceptors (Lipinski definition) is 3. The van der Waals surface area contributed by atoms with Crippen LogP contribution in [-0.4, -0.2) is 31.6 Å². The van der Waals surface area contributed by atoms with Crippen LogP contribution in [0.2, 0.25) is 5.02 Å². The van der Waals surface area contributed by atoms with Crippen LogP contribution in [0, 0.1) is 11.8 Å². The Hall–Kier alpha value is -0.680. The summed E-state index contributed by atoms with van der Waals surface area (Å²) in [5, 5.41) is 4.04. The number of halogens is 3. The van der Waals surface area contributed by atoms with Crippen molar-refractivity contribution in [3.05, 3.63) is 29.3 Å². The van der Waals surface area contributed by atoms with E-state index in [0.29, 0.717) is 12.5 Å². The largest absolute Gasteiger partial charge is 0.368 e. The van der Waals surface area contributed by atoms with Crippen molar-refractivity contribution in [3.8, 4) is 0 Å². The number of carbonyl (C=O) groups is 1. The lowest BCUT2D eigenvalue weighted by atomic mass is 9.94. The van der Waals surface area contributed by atoms with Crippen LogP contribution < -0.4 is 16.0 Å². The molecule has 4 nitrogen and oxygen atoms in total. The number of benzene rings is 1. The van der Waals surface area contributed by atoms with Crippen LogP contribution in [0.15, 0.2) is 24.3 Å². The highest BCUT2D eigenvalue weighted by molar-refractivity contribution is 6.33. The van der Waals surface area contributed by atoms with Crippen molar-refractivity contribution in [2.45, 2.75) is 38.1 Å². The molecule has 1 aliphatic carbocycles. The average Bonchev–Trinajstić information content (AvgIpc) is 3.04. The molecule has 3 N–H and O–H groups in total. The van der Waals surface area contributed by atoms with Gasteiger partial charge in [-0.15, -0.1) is 24.8 Å². The molecule has 0 aromatic heterocycles. The molecule has 0 spiro atoms. The zero-order valence-electron chi connectivity index (χ0n) is 14.3. The molecular formula is C18H28Cl3N3O. The third-order valence-corrected chi connectivity index (χ3v) is 5.58. The second-order valence-electron chi connectivity index (χ2n) is 6.78. The van der Waals surface area contributed by atoms with Gasteiger partial charge >= 0.3 is 0 Å². The summed E-state index contributed by atoms with van der Waals surface area (Å²) in [7, 11) is 0. The molecule has 1 heterocycles. The number of nitrogens with two attached hydrogens (primary N) is 1. The Bertz CT molecular complexity index is 558. The SMILES string of the molecule is Cl.Cl.NC[C@H]1CCC[C@H]1C(=O)NC1CCCN(c2ccccc2Cl)C1. The van der Waals surface area contributed by atoms with E-state index in [1.54, 1.807) is 0 Å². The van der Waals surface area contributed by atoms with Crippen LogP contribution in [-0.2, 0) is 4.79 Å². The van der Waals surface area contributed by atoms with E-state index in [2.05, 4.69) is 10.2 Å². The van der Waals surface area contributed by atoms with Crippen molar-refractivity contribution >= 4 is 48.0 Å². The van der Waals surface area contributed by atoms with Gasteiger partial charge in [0.2, 0.25) is 5.91 Å². The number of piperidine rings is 1. The van der Waals surface area contributed by atoms with Crippen molar-refractivity contribution in [1.82, 2.24) is 5.32 Å². The molecule has 1 unspecified atom stereocenters. The Morgan fingerprint density at radius 3 is 2.68 bits per heavy atom. The first kappa shape index (κ1) is 22.4. The van der Waals surface area contributed by atoms with Gasteiger partial charge in [0.05, 0.1) is 10.7 Å². The van der Waals surface area contributed by atoms with Gasteiger partial charge in [-0.25, -0.2) is 0 Å². The molecule has 0 radical (unpaired) electrons. The number of para-hydroxylation sites is 1. The van der Waals surface area contributed by atoms with Gasteiger partial charge in [-0.1, -0.05) is 30.2 Å². The van der Waals surface area contributed by atoms with Crippen LogP contribution in [0.1, 0.15) is 32.1 Å². The van der Waals surface area contributed by atoms with Gasteiger partial charge in [-0.2, -0.15) is 0 Å². The third-order valence-electron chi connectivity index (χ3n) is 5.26.